The van der Waals surface area contributed by atoms with E-state index in [1.165, 1.54) is 199 Å². The van der Waals surface area contributed by atoms with Crippen LogP contribution in [0.15, 0.2) is 0 Å². The van der Waals surface area contributed by atoms with Gasteiger partial charge in [0.1, 0.15) is 0 Å². The second-order valence-electron chi connectivity index (χ2n) is 13.0. The first-order valence-electron chi connectivity index (χ1n) is 19.0. The monoisotopic (exact) mass is 633 g/mol. The minimum absolute atomic E-state index is 0.842. The second kappa shape index (κ2) is 35.9. The zero-order valence-corrected chi connectivity index (χ0v) is 30.9. The molecule has 0 aromatic rings. The third-order valence-electron chi connectivity index (χ3n) is 9.30. The van der Waals surface area contributed by atoms with E-state index in [2.05, 4.69) is 0 Å². The Morgan fingerprint density at radius 3 is 0.619 bits per heavy atom. The molecule has 0 saturated carbocycles. The highest BCUT2D eigenvalue weighted by molar-refractivity contribution is 6.60. The van der Waals surface area contributed by atoms with E-state index in [-0.39, 0.29) is 0 Å². The average Bonchev–Trinajstić information content (AvgIpc) is 3.01. The fourth-order valence-electron chi connectivity index (χ4n) is 6.30. The van der Waals surface area contributed by atoms with Gasteiger partial charge in [0.25, 0.3) is 0 Å². The molecule has 0 atom stereocenters. The molecule has 0 radical (unpaired) electrons. The van der Waals surface area contributed by atoms with Crippen LogP contribution in [0, 0.1) is 0 Å². The Bertz CT molecular complexity index is 481. The Kier molecular flexibility index (Phi) is 36.2. The lowest BCUT2D eigenvalue weighted by Gasteiger charge is -2.24. The van der Waals surface area contributed by atoms with Crippen LogP contribution >= 0.6 is 11.6 Å². The lowest BCUT2D eigenvalue weighted by molar-refractivity contribution is 0.122. The summed E-state index contributed by atoms with van der Waals surface area (Å²) in [6, 6.07) is 0.939. The molecule has 0 spiro atoms. The summed E-state index contributed by atoms with van der Waals surface area (Å²) in [6.07, 6.45) is 45.5. The van der Waals surface area contributed by atoms with Gasteiger partial charge >= 0.3 is 8.80 Å². The fraction of sp³-hybridized carbons (Fsp3) is 1.00. The number of rotatable bonds is 37. The highest BCUT2D eigenvalue weighted by Crippen LogP contribution is 2.19. The van der Waals surface area contributed by atoms with Crippen LogP contribution in [0.4, 0.5) is 0 Å². The van der Waals surface area contributed by atoms with Gasteiger partial charge in [-0.3, -0.25) is 0 Å². The van der Waals surface area contributed by atoms with Gasteiger partial charge in [-0.2, -0.15) is 0 Å². The SMILES string of the molecule is CO[Si](CCCCCCCCCCCCCCCCCCCCCCCCCCCCCCCCCCCl)(OC)OC. The van der Waals surface area contributed by atoms with E-state index in [1.54, 1.807) is 21.3 Å². The Hall–Kier alpha value is 0.387. The third kappa shape index (κ3) is 30.4. The maximum Gasteiger partial charge on any atom is 0.500 e. The standard InChI is InChI=1S/C37H77ClO3Si/c1-39-42(40-2,41-3)37-35-33-31-29-27-25-23-21-19-17-15-13-11-9-7-5-4-6-8-10-12-14-16-18-20-22-24-26-28-30-32-34-36-38/h4-37H2,1-3H3. The van der Waals surface area contributed by atoms with Crippen LogP contribution in [0.25, 0.3) is 0 Å². The summed E-state index contributed by atoms with van der Waals surface area (Å²) >= 11 is 5.73. The predicted molar refractivity (Wildman–Crippen MR) is 190 cm³/mol. The Morgan fingerprint density at radius 1 is 0.286 bits per heavy atom. The van der Waals surface area contributed by atoms with Gasteiger partial charge in [-0.05, 0) is 12.8 Å². The molecule has 0 aliphatic carbocycles. The van der Waals surface area contributed by atoms with E-state index in [0.717, 1.165) is 18.3 Å². The first kappa shape index (κ1) is 42.4. The molecule has 0 aliphatic heterocycles. The van der Waals surface area contributed by atoms with Gasteiger partial charge in [0.15, 0.2) is 0 Å². The van der Waals surface area contributed by atoms with E-state index in [1.807, 2.05) is 0 Å². The van der Waals surface area contributed by atoms with Crippen molar-refractivity contribution in [3.05, 3.63) is 0 Å². The fourth-order valence-corrected chi connectivity index (χ4v) is 8.28. The molecular formula is C37H77ClO3Si. The van der Waals surface area contributed by atoms with Crippen molar-refractivity contribution < 1.29 is 13.3 Å². The van der Waals surface area contributed by atoms with Crippen molar-refractivity contribution in [1.29, 1.82) is 0 Å². The summed E-state index contributed by atoms with van der Waals surface area (Å²) < 4.78 is 16.5. The third-order valence-corrected chi connectivity index (χ3v) is 12.4. The average molecular weight is 634 g/mol. The van der Waals surface area contributed by atoms with Crippen molar-refractivity contribution in [1.82, 2.24) is 0 Å². The Labute approximate surface area is 271 Å². The van der Waals surface area contributed by atoms with Gasteiger partial charge in [0.2, 0.25) is 0 Å². The number of halogens is 1. The van der Waals surface area contributed by atoms with Crippen molar-refractivity contribution in [2.24, 2.45) is 0 Å². The summed E-state index contributed by atoms with van der Waals surface area (Å²) in [7, 11) is 2.78. The summed E-state index contributed by atoms with van der Waals surface area (Å²) in [5.41, 5.74) is 0. The minimum Gasteiger partial charge on any atom is -0.377 e. The normalized spacial score (nSPS) is 12.0. The van der Waals surface area contributed by atoms with Crippen molar-refractivity contribution in [3.8, 4) is 0 Å². The van der Waals surface area contributed by atoms with Crippen LogP contribution in [0.2, 0.25) is 6.04 Å². The number of hydrogen-bond donors (Lipinski definition) is 0. The molecule has 0 aromatic carbocycles. The van der Waals surface area contributed by atoms with Gasteiger partial charge in [-0.15, -0.1) is 11.6 Å². The minimum atomic E-state index is -2.34. The largest absolute Gasteiger partial charge is 0.500 e. The van der Waals surface area contributed by atoms with Gasteiger partial charge in [0, 0.05) is 33.3 Å². The van der Waals surface area contributed by atoms with Gasteiger partial charge < -0.3 is 13.3 Å². The van der Waals surface area contributed by atoms with Crippen molar-refractivity contribution in [3.63, 3.8) is 0 Å². The summed E-state index contributed by atoms with van der Waals surface area (Å²) in [5, 5.41) is 0. The Morgan fingerprint density at radius 2 is 0.452 bits per heavy atom. The molecule has 254 valence electrons. The van der Waals surface area contributed by atoms with Crippen molar-refractivity contribution >= 4 is 20.4 Å². The van der Waals surface area contributed by atoms with Gasteiger partial charge in [-0.25, -0.2) is 0 Å². The number of alkyl halides is 1. The molecule has 0 heterocycles. The molecule has 0 rings (SSSR count). The van der Waals surface area contributed by atoms with Crippen LogP contribution in [0.1, 0.15) is 205 Å². The highest BCUT2D eigenvalue weighted by Gasteiger charge is 2.36. The molecule has 5 heteroatoms. The van der Waals surface area contributed by atoms with Crippen LogP contribution in [-0.2, 0) is 13.3 Å². The predicted octanol–water partition coefficient (Wildman–Crippen LogP) is 13.6. The number of hydrogen-bond acceptors (Lipinski definition) is 3. The molecule has 0 fully saturated rings. The second-order valence-corrected chi connectivity index (χ2v) is 16.5. The van der Waals surface area contributed by atoms with E-state index in [9.17, 15) is 0 Å². The molecule has 0 unspecified atom stereocenters. The zero-order valence-electron chi connectivity index (χ0n) is 29.1. The number of unbranched alkanes of at least 4 members (excludes halogenated alkanes) is 31. The molecule has 3 nitrogen and oxygen atoms in total. The van der Waals surface area contributed by atoms with Gasteiger partial charge in [0.05, 0.1) is 0 Å². The first-order valence-corrected chi connectivity index (χ1v) is 21.4. The quantitative estimate of drug-likeness (QED) is 0.0387. The molecular weight excluding hydrogens is 556 g/mol. The van der Waals surface area contributed by atoms with Crippen LogP contribution in [0.3, 0.4) is 0 Å². The van der Waals surface area contributed by atoms with Crippen LogP contribution < -0.4 is 0 Å². The topological polar surface area (TPSA) is 27.7 Å². The summed E-state index contributed by atoms with van der Waals surface area (Å²) in [6.45, 7) is 0. The maximum absolute atomic E-state index is 5.73. The smallest absolute Gasteiger partial charge is 0.377 e. The molecule has 0 amide bonds. The van der Waals surface area contributed by atoms with E-state index in [0.29, 0.717) is 0 Å². The van der Waals surface area contributed by atoms with Crippen LogP contribution in [0.5, 0.6) is 0 Å². The van der Waals surface area contributed by atoms with Gasteiger partial charge in [-0.1, -0.05) is 193 Å². The molecule has 42 heavy (non-hydrogen) atoms. The van der Waals surface area contributed by atoms with E-state index in [4.69, 9.17) is 24.9 Å². The zero-order chi connectivity index (χ0) is 30.7. The molecule has 0 saturated heterocycles. The lowest BCUT2D eigenvalue weighted by atomic mass is 10.0. The Balaban J connectivity index is 3.12. The first-order chi connectivity index (χ1) is 20.7. The molecule has 0 aromatic heterocycles. The highest BCUT2D eigenvalue weighted by atomic mass is 35.5. The maximum atomic E-state index is 5.73. The van der Waals surface area contributed by atoms with Crippen molar-refractivity contribution in [2.45, 2.75) is 212 Å². The summed E-state index contributed by atoms with van der Waals surface area (Å²) in [5.74, 6) is 0.842. The molecule has 0 bridgehead atoms. The summed E-state index contributed by atoms with van der Waals surface area (Å²) in [4.78, 5) is 0. The lowest BCUT2D eigenvalue weighted by Crippen LogP contribution is -2.42. The van der Waals surface area contributed by atoms with Crippen molar-refractivity contribution in [2.75, 3.05) is 27.2 Å². The van der Waals surface area contributed by atoms with E-state index < -0.39 is 8.80 Å². The molecule has 0 aliphatic rings. The van der Waals surface area contributed by atoms with E-state index >= 15 is 0 Å². The van der Waals surface area contributed by atoms with Crippen LogP contribution in [-0.4, -0.2) is 36.0 Å². The molecule has 0 N–H and O–H groups in total.